The van der Waals surface area contributed by atoms with Crippen molar-refractivity contribution in [3.8, 4) is 0 Å². The molecule has 1 aromatic carbocycles. The number of halogens is 1. The maximum Gasteiger partial charge on any atom is 0.123 e. The highest BCUT2D eigenvalue weighted by Crippen LogP contribution is 2.27. The van der Waals surface area contributed by atoms with Crippen molar-refractivity contribution in [2.75, 3.05) is 13.1 Å². The molecule has 3 heterocycles. The molecular weight excluding hydrogens is 309 g/mol. The van der Waals surface area contributed by atoms with Gasteiger partial charge in [-0.15, -0.1) is 5.10 Å². The zero-order valence-electron chi connectivity index (χ0n) is 13.6. The van der Waals surface area contributed by atoms with E-state index in [0.717, 1.165) is 49.4 Å². The molecule has 2 aliphatic rings. The zero-order valence-corrected chi connectivity index (χ0v) is 13.6. The summed E-state index contributed by atoms with van der Waals surface area (Å²) in [5, 5.41) is 8.64. The molecule has 2 N–H and O–H groups in total. The smallest absolute Gasteiger partial charge is 0.123 e. The first kappa shape index (κ1) is 15.7. The van der Waals surface area contributed by atoms with E-state index in [1.807, 2.05) is 4.68 Å². The largest absolute Gasteiger partial charge is 0.365 e. The lowest BCUT2D eigenvalue weighted by Gasteiger charge is -2.30. The van der Waals surface area contributed by atoms with Crippen LogP contribution in [-0.2, 0) is 24.4 Å². The molecule has 1 unspecified atom stereocenters. The van der Waals surface area contributed by atoms with E-state index >= 15 is 0 Å². The van der Waals surface area contributed by atoms with Crippen LogP contribution in [0.2, 0.25) is 0 Å². The SMILES string of the molecule is NC1CCN(Cc2nnn3c2COC(c2ccc(F)cc2)C3)CC1. The molecule has 1 fully saturated rings. The van der Waals surface area contributed by atoms with E-state index in [1.165, 1.54) is 12.1 Å². The molecule has 128 valence electrons. The van der Waals surface area contributed by atoms with Crippen LogP contribution in [0.3, 0.4) is 0 Å². The second-order valence-electron chi connectivity index (χ2n) is 6.63. The lowest BCUT2D eigenvalue weighted by Crippen LogP contribution is -2.39. The summed E-state index contributed by atoms with van der Waals surface area (Å²) in [4.78, 5) is 2.38. The summed E-state index contributed by atoms with van der Waals surface area (Å²) in [7, 11) is 0. The lowest BCUT2D eigenvalue weighted by atomic mass is 10.1. The van der Waals surface area contributed by atoms with Crippen molar-refractivity contribution in [1.82, 2.24) is 19.9 Å². The molecule has 0 radical (unpaired) electrons. The maximum absolute atomic E-state index is 13.1. The summed E-state index contributed by atoms with van der Waals surface area (Å²) >= 11 is 0. The fourth-order valence-corrected chi connectivity index (χ4v) is 3.39. The molecule has 0 saturated carbocycles. The third kappa shape index (κ3) is 3.19. The maximum atomic E-state index is 13.1. The Bertz CT molecular complexity index is 694. The van der Waals surface area contributed by atoms with Gasteiger partial charge in [0, 0.05) is 25.7 Å². The number of hydrogen-bond donors (Lipinski definition) is 1. The minimum Gasteiger partial charge on any atom is -0.365 e. The number of benzene rings is 1. The van der Waals surface area contributed by atoms with E-state index in [4.69, 9.17) is 10.5 Å². The highest BCUT2D eigenvalue weighted by molar-refractivity contribution is 5.20. The van der Waals surface area contributed by atoms with Crippen LogP contribution >= 0.6 is 0 Å². The standard InChI is InChI=1S/C17H22FN5O/c18-13-3-1-12(2-4-13)17-10-23-16(11-24-17)15(20-21-23)9-22-7-5-14(19)6-8-22/h1-4,14,17H,5-11,19H2. The van der Waals surface area contributed by atoms with E-state index in [-0.39, 0.29) is 11.9 Å². The Hall–Kier alpha value is -1.83. The summed E-state index contributed by atoms with van der Waals surface area (Å²) in [6.07, 6.45) is 1.96. The van der Waals surface area contributed by atoms with Gasteiger partial charge < -0.3 is 10.5 Å². The number of hydrogen-bond acceptors (Lipinski definition) is 5. The molecule has 7 heteroatoms. The third-order valence-corrected chi connectivity index (χ3v) is 4.93. The van der Waals surface area contributed by atoms with Crippen molar-refractivity contribution in [2.24, 2.45) is 5.73 Å². The van der Waals surface area contributed by atoms with Crippen LogP contribution in [0.25, 0.3) is 0 Å². The quantitative estimate of drug-likeness (QED) is 0.925. The predicted octanol–water partition coefficient (Wildman–Crippen LogP) is 1.61. The molecule has 6 nitrogen and oxygen atoms in total. The Labute approximate surface area is 140 Å². The van der Waals surface area contributed by atoms with Crippen LogP contribution in [0.15, 0.2) is 24.3 Å². The van der Waals surface area contributed by atoms with Crippen LogP contribution in [0.4, 0.5) is 4.39 Å². The minimum absolute atomic E-state index is 0.111. The highest BCUT2D eigenvalue weighted by atomic mass is 19.1. The topological polar surface area (TPSA) is 69.2 Å². The third-order valence-electron chi connectivity index (χ3n) is 4.93. The van der Waals surface area contributed by atoms with Crippen molar-refractivity contribution in [3.05, 3.63) is 47.0 Å². The van der Waals surface area contributed by atoms with Crippen molar-refractivity contribution >= 4 is 0 Å². The minimum atomic E-state index is -0.237. The number of likely N-dealkylation sites (tertiary alicyclic amines) is 1. The van der Waals surface area contributed by atoms with Gasteiger partial charge in [0.15, 0.2) is 0 Å². The molecule has 0 amide bonds. The summed E-state index contributed by atoms with van der Waals surface area (Å²) in [6, 6.07) is 6.78. The summed E-state index contributed by atoms with van der Waals surface area (Å²) < 4.78 is 21.0. The molecule has 0 aliphatic carbocycles. The first-order chi connectivity index (χ1) is 11.7. The molecule has 0 bridgehead atoms. The molecule has 2 aromatic rings. The van der Waals surface area contributed by atoms with Gasteiger partial charge in [-0.1, -0.05) is 17.3 Å². The van der Waals surface area contributed by atoms with Gasteiger partial charge in [-0.3, -0.25) is 4.90 Å². The van der Waals surface area contributed by atoms with Crippen molar-refractivity contribution in [3.63, 3.8) is 0 Å². The number of aromatic nitrogens is 3. The molecule has 1 saturated heterocycles. The number of fused-ring (bicyclic) bond motifs is 1. The Morgan fingerprint density at radius 3 is 2.71 bits per heavy atom. The van der Waals surface area contributed by atoms with Crippen LogP contribution < -0.4 is 5.73 Å². The number of piperidine rings is 1. The second kappa shape index (κ2) is 6.58. The molecule has 2 aliphatic heterocycles. The van der Waals surface area contributed by atoms with Crippen molar-refractivity contribution in [1.29, 1.82) is 0 Å². The molecular formula is C17H22FN5O. The first-order valence-corrected chi connectivity index (χ1v) is 8.45. The zero-order chi connectivity index (χ0) is 16.5. The number of ether oxygens (including phenoxy) is 1. The van der Waals surface area contributed by atoms with Gasteiger partial charge in [-0.2, -0.15) is 0 Å². The van der Waals surface area contributed by atoms with Crippen molar-refractivity contribution in [2.45, 2.75) is 44.7 Å². The van der Waals surface area contributed by atoms with Crippen LogP contribution in [0.1, 0.15) is 35.9 Å². The Morgan fingerprint density at radius 1 is 1.21 bits per heavy atom. The monoisotopic (exact) mass is 331 g/mol. The van der Waals surface area contributed by atoms with Crippen molar-refractivity contribution < 1.29 is 9.13 Å². The van der Waals surface area contributed by atoms with Crippen LogP contribution in [0, 0.1) is 5.82 Å². The number of rotatable bonds is 3. The van der Waals surface area contributed by atoms with Gasteiger partial charge in [0.2, 0.25) is 0 Å². The van der Waals surface area contributed by atoms with Gasteiger partial charge in [0.05, 0.1) is 18.8 Å². The molecule has 0 spiro atoms. The van der Waals surface area contributed by atoms with E-state index in [2.05, 4.69) is 15.2 Å². The van der Waals surface area contributed by atoms with E-state index in [1.54, 1.807) is 12.1 Å². The van der Waals surface area contributed by atoms with Gasteiger partial charge in [-0.25, -0.2) is 9.07 Å². The average molecular weight is 331 g/mol. The van der Waals surface area contributed by atoms with Gasteiger partial charge >= 0.3 is 0 Å². The van der Waals surface area contributed by atoms with E-state index in [0.29, 0.717) is 19.2 Å². The average Bonchev–Trinajstić information content (AvgIpc) is 3.00. The number of nitrogens with zero attached hydrogens (tertiary/aromatic N) is 4. The predicted molar refractivity (Wildman–Crippen MR) is 86.4 cm³/mol. The molecule has 1 atom stereocenters. The number of nitrogens with two attached hydrogens (primary N) is 1. The van der Waals surface area contributed by atoms with Crippen LogP contribution in [-0.4, -0.2) is 39.0 Å². The Balaban J connectivity index is 1.44. The highest BCUT2D eigenvalue weighted by Gasteiger charge is 2.26. The van der Waals surface area contributed by atoms with E-state index in [9.17, 15) is 4.39 Å². The Morgan fingerprint density at radius 2 is 1.96 bits per heavy atom. The van der Waals surface area contributed by atoms with E-state index < -0.39 is 0 Å². The normalized spacial score (nSPS) is 22.5. The first-order valence-electron chi connectivity index (χ1n) is 8.45. The van der Waals surface area contributed by atoms with Crippen LogP contribution in [0.5, 0.6) is 0 Å². The molecule has 24 heavy (non-hydrogen) atoms. The second-order valence-corrected chi connectivity index (χ2v) is 6.63. The molecule has 1 aromatic heterocycles. The van der Waals surface area contributed by atoms with Gasteiger partial charge in [0.25, 0.3) is 0 Å². The Kier molecular flexibility index (Phi) is 4.30. The summed E-state index contributed by atoms with van der Waals surface area (Å²) in [5.74, 6) is -0.237. The van der Waals surface area contributed by atoms with Gasteiger partial charge in [0.1, 0.15) is 17.6 Å². The summed E-state index contributed by atoms with van der Waals surface area (Å²) in [6.45, 7) is 3.91. The fraction of sp³-hybridized carbons (Fsp3) is 0.529. The fourth-order valence-electron chi connectivity index (χ4n) is 3.39. The van der Waals surface area contributed by atoms with Gasteiger partial charge in [-0.05, 0) is 30.5 Å². The summed E-state index contributed by atoms with van der Waals surface area (Å²) in [5.41, 5.74) is 8.95. The molecule has 4 rings (SSSR count). The lowest BCUT2D eigenvalue weighted by molar-refractivity contribution is -0.00218.